The van der Waals surface area contributed by atoms with E-state index in [1.807, 2.05) is 48.3 Å². The third-order valence-corrected chi connectivity index (χ3v) is 4.54. The van der Waals surface area contributed by atoms with Gasteiger partial charge < -0.3 is 14.8 Å². The molecule has 7 nitrogen and oxygen atoms in total. The molecule has 1 fully saturated rings. The Bertz CT molecular complexity index is 807. The molecule has 0 bridgehead atoms. The van der Waals surface area contributed by atoms with Crippen molar-refractivity contribution in [1.29, 1.82) is 0 Å². The molecule has 1 aliphatic rings. The lowest BCUT2D eigenvalue weighted by Gasteiger charge is -2.40. The number of nitrogens with one attached hydrogen (secondary N) is 1. The van der Waals surface area contributed by atoms with E-state index in [0.29, 0.717) is 5.92 Å². The normalized spacial score (nSPS) is 14.5. The third-order valence-electron chi connectivity index (χ3n) is 4.54. The second-order valence-corrected chi connectivity index (χ2v) is 6.37. The highest BCUT2D eigenvalue weighted by atomic mass is 15.3. The molecular formula is C18H21N7. The summed E-state index contributed by atoms with van der Waals surface area (Å²) in [6.45, 7) is 3.82. The maximum absolute atomic E-state index is 4.37. The molecule has 4 heterocycles. The van der Waals surface area contributed by atoms with Crippen LogP contribution in [0.2, 0.25) is 0 Å². The standard InChI is InChI=1S/C18H21N7/c1-24-9-8-21-18(24)11-20-10-14-12-25(13-14)17-3-2-16(22-23-17)15-4-6-19-7-5-15/h2-9,14,20H,10-13H2,1H3. The minimum Gasteiger partial charge on any atom is -0.354 e. The number of pyridine rings is 1. The largest absolute Gasteiger partial charge is 0.354 e. The van der Waals surface area contributed by atoms with E-state index < -0.39 is 0 Å². The van der Waals surface area contributed by atoms with E-state index in [-0.39, 0.29) is 0 Å². The summed E-state index contributed by atoms with van der Waals surface area (Å²) in [6.07, 6.45) is 7.33. The third kappa shape index (κ3) is 3.51. The fourth-order valence-corrected chi connectivity index (χ4v) is 3.01. The number of aromatic nitrogens is 5. The first-order valence-corrected chi connectivity index (χ1v) is 8.45. The average Bonchev–Trinajstić information content (AvgIpc) is 3.03. The zero-order chi connectivity index (χ0) is 17.1. The molecule has 128 valence electrons. The summed E-state index contributed by atoms with van der Waals surface area (Å²) in [5.74, 6) is 2.65. The summed E-state index contributed by atoms with van der Waals surface area (Å²) in [5.41, 5.74) is 1.91. The topological polar surface area (TPSA) is 71.8 Å². The molecule has 1 saturated heterocycles. The molecule has 3 aromatic rings. The molecule has 3 aromatic heterocycles. The van der Waals surface area contributed by atoms with Crippen LogP contribution in [-0.4, -0.2) is 44.4 Å². The Morgan fingerprint density at radius 1 is 1.08 bits per heavy atom. The van der Waals surface area contributed by atoms with Crippen LogP contribution >= 0.6 is 0 Å². The first-order chi connectivity index (χ1) is 12.3. The molecule has 7 heteroatoms. The molecule has 4 rings (SSSR count). The van der Waals surface area contributed by atoms with Gasteiger partial charge in [-0.2, -0.15) is 0 Å². The summed E-state index contributed by atoms with van der Waals surface area (Å²) >= 11 is 0. The lowest BCUT2D eigenvalue weighted by molar-refractivity contribution is 0.379. The van der Waals surface area contributed by atoms with E-state index in [0.717, 1.165) is 49.1 Å². The summed E-state index contributed by atoms with van der Waals surface area (Å²) in [7, 11) is 2.02. The second-order valence-electron chi connectivity index (χ2n) is 6.37. The molecular weight excluding hydrogens is 314 g/mol. The molecule has 1 aliphatic heterocycles. The van der Waals surface area contributed by atoms with Gasteiger partial charge in [0.05, 0.1) is 12.2 Å². The Kier molecular flexibility index (Phi) is 4.39. The first kappa shape index (κ1) is 15.7. The van der Waals surface area contributed by atoms with Gasteiger partial charge in [-0.05, 0) is 24.3 Å². The molecule has 25 heavy (non-hydrogen) atoms. The van der Waals surface area contributed by atoms with Gasteiger partial charge in [-0.3, -0.25) is 4.98 Å². The van der Waals surface area contributed by atoms with Crippen LogP contribution in [0.15, 0.2) is 49.1 Å². The number of hydrogen-bond donors (Lipinski definition) is 1. The Morgan fingerprint density at radius 2 is 1.92 bits per heavy atom. The second kappa shape index (κ2) is 6.98. The number of anilines is 1. The molecule has 0 saturated carbocycles. The quantitative estimate of drug-likeness (QED) is 0.736. The zero-order valence-electron chi connectivity index (χ0n) is 14.2. The maximum atomic E-state index is 4.37. The van der Waals surface area contributed by atoms with Crippen molar-refractivity contribution in [2.24, 2.45) is 13.0 Å². The molecule has 0 amide bonds. The molecule has 0 atom stereocenters. The van der Waals surface area contributed by atoms with E-state index in [9.17, 15) is 0 Å². The molecule has 0 spiro atoms. The summed E-state index contributed by atoms with van der Waals surface area (Å²) in [5, 5.41) is 12.2. The highest BCUT2D eigenvalue weighted by Crippen LogP contribution is 2.23. The van der Waals surface area contributed by atoms with Crippen LogP contribution in [-0.2, 0) is 13.6 Å². The van der Waals surface area contributed by atoms with Crippen LogP contribution in [0.25, 0.3) is 11.3 Å². The predicted octanol–water partition coefficient (Wildman–Crippen LogP) is 1.50. The highest BCUT2D eigenvalue weighted by molar-refractivity contribution is 5.59. The van der Waals surface area contributed by atoms with Crippen molar-refractivity contribution in [3.8, 4) is 11.3 Å². The zero-order valence-corrected chi connectivity index (χ0v) is 14.2. The van der Waals surface area contributed by atoms with Crippen molar-refractivity contribution in [2.45, 2.75) is 6.54 Å². The van der Waals surface area contributed by atoms with Gasteiger partial charge in [-0.15, -0.1) is 10.2 Å². The van der Waals surface area contributed by atoms with Crippen LogP contribution in [0.1, 0.15) is 5.82 Å². The van der Waals surface area contributed by atoms with Gasteiger partial charge in [0.15, 0.2) is 5.82 Å². The Hall–Kier alpha value is -2.80. The van der Waals surface area contributed by atoms with E-state index in [1.165, 1.54) is 0 Å². The van der Waals surface area contributed by atoms with Crippen LogP contribution in [0.3, 0.4) is 0 Å². The number of imidazole rings is 1. The monoisotopic (exact) mass is 335 g/mol. The van der Waals surface area contributed by atoms with E-state index in [1.54, 1.807) is 12.4 Å². The minimum atomic E-state index is 0.641. The van der Waals surface area contributed by atoms with Crippen molar-refractivity contribution >= 4 is 5.82 Å². The van der Waals surface area contributed by atoms with Crippen LogP contribution in [0.5, 0.6) is 0 Å². The van der Waals surface area contributed by atoms with Crippen molar-refractivity contribution in [3.05, 3.63) is 54.9 Å². The maximum Gasteiger partial charge on any atom is 0.151 e. The van der Waals surface area contributed by atoms with Gasteiger partial charge in [-0.1, -0.05) is 0 Å². The Labute approximate surface area is 146 Å². The van der Waals surface area contributed by atoms with Gasteiger partial charge in [0.25, 0.3) is 0 Å². The van der Waals surface area contributed by atoms with Crippen molar-refractivity contribution < 1.29 is 0 Å². The van der Waals surface area contributed by atoms with Gasteiger partial charge in [-0.25, -0.2) is 4.98 Å². The molecule has 0 radical (unpaired) electrons. The number of hydrogen-bond acceptors (Lipinski definition) is 6. The summed E-state index contributed by atoms with van der Waals surface area (Å²) < 4.78 is 2.04. The van der Waals surface area contributed by atoms with Gasteiger partial charge >= 0.3 is 0 Å². The SMILES string of the molecule is Cn1ccnc1CNCC1CN(c2ccc(-c3ccncc3)nn2)C1. The van der Waals surface area contributed by atoms with E-state index >= 15 is 0 Å². The predicted molar refractivity (Wildman–Crippen MR) is 95.9 cm³/mol. The average molecular weight is 335 g/mol. The summed E-state index contributed by atoms with van der Waals surface area (Å²) in [4.78, 5) is 10.6. The molecule has 0 aliphatic carbocycles. The lowest BCUT2D eigenvalue weighted by atomic mass is 10.0. The highest BCUT2D eigenvalue weighted by Gasteiger charge is 2.27. The molecule has 1 N–H and O–H groups in total. The van der Waals surface area contributed by atoms with E-state index in [2.05, 4.69) is 30.4 Å². The smallest absolute Gasteiger partial charge is 0.151 e. The number of rotatable bonds is 6. The van der Waals surface area contributed by atoms with Crippen LogP contribution in [0.4, 0.5) is 5.82 Å². The van der Waals surface area contributed by atoms with Crippen LogP contribution < -0.4 is 10.2 Å². The fraction of sp³-hybridized carbons (Fsp3) is 0.333. The number of nitrogens with zero attached hydrogens (tertiary/aromatic N) is 6. The van der Waals surface area contributed by atoms with Gasteiger partial charge in [0.1, 0.15) is 5.82 Å². The van der Waals surface area contributed by atoms with E-state index in [4.69, 9.17) is 0 Å². The van der Waals surface area contributed by atoms with Gasteiger partial charge in [0.2, 0.25) is 0 Å². The minimum absolute atomic E-state index is 0.641. The molecule has 0 aromatic carbocycles. The van der Waals surface area contributed by atoms with Crippen LogP contribution in [0, 0.1) is 5.92 Å². The first-order valence-electron chi connectivity index (χ1n) is 8.45. The van der Waals surface area contributed by atoms with Crippen molar-refractivity contribution in [3.63, 3.8) is 0 Å². The Morgan fingerprint density at radius 3 is 2.60 bits per heavy atom. The van der Waals surface area contributed by atoms with Crippen molar-refractivity contribution in [1.82, 2.24) is 30.0 Å². The van der Waals surface area contributed by atoms with Crippen molar-refractivity contribution in [2.75, 3.05) is 24.5 Å². The molecule has 0 unspecified atom stereocenters. The van der Waals surface area contributed by atoms with Gasteiger partial charge in [0, 0.05) is 63.0 Å². The summed E-state index contributed by atoms with van der Waals surface area (Å²) in [6, 6.07) is 7.94. The lowest BCUT2D eigenvalue weighted by Crippen LogP contribution is -2.51. The fourth-order valence-electron chi connectivity index (χ4n) is 3.01. The number of aryl methyl sites for hydroxylation is 1. The Balaban J connectivity index is 1.25.